The third kappa shape index (κ3) is 3.54. The monoisotopic (exact) mass is 298 g/mol. The number of carboxylic acids is 1. The Morgan fingerprint density at radius 3 is 3.05 bits per heavy atom. The van der Waals surface area contributed by atoms with Crippen molar-refractivity contribution in [3.05, 3.63) is 16.8 Å². The summed E-state index contributed by atoms with van der Waals surface area (Å²) in [5.41, 5.74) is 0.782. The molecule has 0 aliphatic heterocycles. The Bertz CT molecular complexity index is 579. The summed E-state index contributed by atoms with van der Waals surface area (Å²) in [4.78, 5) is 15.9. The number of carboxylic acid groups (broad SMARTS) is 1. The van der Waals surface area contributed by atoms with Gasteiger partial charge in [0.1, 0.15) is 5.03 Å². The van der Waals surface area contributed by atoms with Gasteiger partial charge < -0.3 is 5.11 Å². The summed E-state index contributed by atoms with van der Waals surface area (Å²) in [5, 5.41) is 17.6. The van der Waals surface area contributed by atoms with Gasteiger partial charge in [0.2, 0.25) is 0 Å². The van der Waals surface area contributed by atoms with Crippen molar-refractivity contribution in [3.8, 4) is 0 Å². The number of carbonyl (C=O) groups is 1. The van der Waals surface area contributed by atoms with Gasteiger partial charge in [0.15, 0.2) is 4.34 Å². The Morgan fingerprint density at radius 1 is 1.58 bits per heavy atom. The number of thiazole rings is 1. The molecule has 2 rings (SSSR count). The molecule has 0 aromatic carbocycles. The van der Waals surface area contributed by atoms with E-state index in [-0.39, 0.29) is 6.42 Å². The highest BCUT2D eigenvalue weighted by Crippen LogP contribution is 2.32. The van der Waals surface area contributed by atoms with Gasteiger partial charge >= 0.3 is 5.97 Å². The topological polar surface area (TPSA) is 80.9 Å². The zero-order valence-electron chi connectivity index (χ0n) is 10.7. The summed E-state index contributed by atoms with van der Waals surface area (Å²) < 4.78 is 2.66. The van der Waals surface area contributed by atoms with E-state index in [1.54, 1.807) is 6.20 Å². The van der Waals surface area contributed by atoms with Crippen LogP contribution in [0.2, 0.25) is 0 Å². The standard InChI is InChI=1S/C11H14N4O2S2/c1-3-4-15-9(6-12-14-15)19-11-13-7(2)8(18-11)5-10(16)17/h6H,3-5H2,1-2H3,(H,16,17). The molecule has 0 radical (unpaired) electrons. The maximum atomic E-state index is 10.7. The second kappa shape index (κ2) is 6.16. The number of aromatic nitrogens is 4. The van der Waals surface area contributed by atoms with Crippen molar-refractivity contribution < 1.29 is 9.90 Å². The number of rotatable bonds is 6. The van der Waals surface area contributed by atoms with Crippen molar-refractivity contribution in [2.45, 2.75) is 42.6 Å². The Kier molecular flexibility index (Phi) is 4.54. The normalized spacial score (nSPS) is 10.8. The molecule has 2 aromatic rings. The van der Waals surface area contributed by atoms with Crippen LogP contribution in [0.4, 0.5) is 0 Å². The molecule has 1 N–H and O–H groups in total. The average Bonchev–Trinajstić information content (AvgIpc) is 2.88. The average molecular weight is 298 g/mol. The van der Waals surface area contributed by atoms with Gasteiger partial charge in [-0.1, -0.05) is 12.1 Å². The number of hydrogen-bond donors (Lipinski definition) is 1. The molecule has 2 aromatic heterocycles. The lowest BCUT2D eigenvalue weighted by Crippen LogP contribution is -2.00. The van der Waals surface area contributed by atoms with Crippen molar-refractivity contribution >= 4 is 29.1 Å². The highest BCUT2D eigenvalue weighted by atomic mass is 32.2. The molecule has 19 heavy (non-hydrogen) atoms. The van der Waals surface area contributed by atoms with Crippen LogP contribution in [-0.4, -0.2) is 31.1 Å². The summed E-state index contributed by atoms with van der Waals surface area (Å²) in [6.45, 7) is 4.73. The molecule has 0 atom stereocenters. The summed E-state index contributed by atoms with van der Waals surface area (Å²) >= 11 is 2.89. The maximum absolute atomic E-state index is 10.7. The first kappa shape index (κ1) is 14.0. The first-order valence-corrected chi connectivity index (χ1v) is 7.48. The molecule has 8 heteroatoms. The zero-order chi connectivity index (χ0) is 13.8. The lowest BCUT2D eigenvalue weighted by atomic mass is 10.3. The molecule has 0 saturated heterocycles. The third-order valence-electron chi connectivity index (χ3n) is 2.39. The minimum atomic E-state index is -0.832. The van der Waals surface area contributed by atoms with Gasteiger partial charge in [0.05, 0.1) is 18.3 Å². The fourth-order valence-electron chi connectivity index (χ4n) is 1.53. The summed E-state index contributed by atoms with van der Waals surface area (Å²) in [6, 6.07) is 0. The summed E-state index contributed by atoms with van der Waals surface area (Å²) in [6.07, 6.45) is 2.71. The van der Waals surface area contributed by atoms with Crippen LogP contribution < -0.4 is 0 Å². The molecule has 2 heterocycles. The van der Waals surface area contributed by atoms with Crippen LogP contribution >= 0.6 is 23.1 Å². The lowest BCUT2D eigenvalue weighted by Gasteiger charge is -2.01. The molecular formula is C11H14N4O2S2. The number of hydrogen-bond acceptors (Lipinski definition) is 6. The van der Waals surface area contributed by atoms with Crippen molar-refractivity contribution in [1.82, 2.24) is 20.0 Å². The van der Waals surface area contributed by atoms with Gasteiger partial charge in [-0.15, -0.1) is 16.4 Å². The molecular weight excluding hydrogens is 284 g/mol. The fourth-order valence-corrected chi connectivity index (χ4v) is 3.73. The van der Waals surface area contributed by atoms with E-state index in [4.69, 9.17) is 5.11 Å². The van der Waals surface area contributed by atoms with E-state index in [9.17, 15) is 4.79 Å². The molecule has 0 spiro atoms. The van der Waals surface area contributed by atoms with Gasteiger partial charge in [-0.25, -0.2) is 9.67 Å². The van der Waals surface area contributed by atoms with Crippen molar-refractivity contribution in [2.24, 2.45) is 0 Å². The van der Waals surface area contributed by atoms with Crippen molar-refractivity contribution in [2.75, 3.05) is 0 Å². The van der Waals surface area contributed by atoms with E-state index in [1.165, 1.54) is 23.1 Å². The van der Waals surface area contributed by atoms with Crippen LogP contribution in [0.1, 0.15) is 23.9 Å². The van der Waals surface area contributed by atoms with Crippen molar-refractivity contribution in [1.29, 1.82) is 0 Å². The molecule has 0 saturated carbocycles. The third-order valence-corrected chi connectivity index (χ3v) is 4.64. The largest absolute Gasteiger partial charge is 0.481 e. The summed E-state index contributed by atoms with van der Waals surface area (Å²) in [5.74, 6) is -0.832. The molecule has 0 bridgehead atoms. The van der Waals surface area contributed by atoms with Crippen LogP contribution in [0.3, 0.4) is 0 Å². The van der Waals surface area contributed by atoms with E-state index in [1.807, 2.05) is 11.6 Å². The summed E-state index contributed by atoms with van der Waals surface area (Å²) in [7, 11) is 0. The Labute approximate surface area is 118 Å². The maximum Gasteiger partial charge on any atom is 0.308 e. The minimum absolute atomic E-state index is 0.0243. The molecule has 6 nitrogen and oxygen atoms in total. The molecule has 102 valence electrons. The lowest BCUT2D eigenvalue weighted by molar-refractivity contribution is -0.136. The predicted octanol–water partition coefficient (Wildman–Crippen LogP) is 2.23. The van der Waals surface area contributed by atoms with Crippen LogP contribution in [0.5, 0.6) is 0 Å². The Morgan fingerprint density at radius 2 is 2.37 bits per heavy atom. The first-order chi connectivity index (χ1) is 9.10. The number of aryl methyl sites for hydroxylation is 2. The van der Waals surface area contributed by atoms with Crippen LogP contribution in [0.15, 0.2) is 15.6 Å². The molecule has 0 aliphatic carbocycles. The first-order valence-electron chi connectivity index (χ1n) is 5.84. The fraction of sp³-hybridized carbons (Fsp3) is 0.455. The zero-order valence-corrected chi connectivity index (χ0v) is 12.3. The quantitative estimate of drug-likeness (QED) is 0.880. The number of nitrogens with zero attached hydrogens (tertiary/aromatic N) is 4. The van der Waals surface area contributed by atoms with Gasteiger partial charge in [-0.3, -0.25) is 4.79 Å². The van der Waals surface area contributed by atoms with Crippen LogP contribution in [0, 0.1) is 6.92 Å². The van der Waals surface area contributed by atoms with Gasteiger partial charge in [-0.05, 0) is 25.1 Å². The Balaban J connectivity index is 2.14. The van der Waals surface area contributed by atoms with E-state index in [0.717, 1.165) is 32.9 Å². The molecule has 0 fully saturated rings. The van der Waals surface area contributed by atoms with E-state index < -0.39 is 5.97 Å². The van der Waals surface area contributed by atoms with Gasteiger partial charge in [0.25, 0.3) is 0 Å². The van der Waals surface area contributed by atoms with E-state index in [2.05, 4.69) is 22.2 Å². The smallest absolute Gasteiger partial charge is 0.308 e. The Hall–Kier alpha value is -1.41. The van der Waals surface area contributed by atoms with Gasteiger partial charge in [0, 0.05) is 11.4 Å². The highest BCUT2D eigenvalue weighted by Gasteiger charge is 2.13. The predicted molar refractivity (Wildman–Crippen MR) is 72.6 cm³/mol. The highest BCUT2D eigenvalue weighted by molar-refractivity contribution is 8.01. The second-order valence-electron chi connectivity index (χ2n) is 3.96. The molecule has 0 unspecified atom stereocenters. The van der Waals surface area contributed by atoms with Crippen LogP contribution in [0.25, 0.3) is 0 Å². The second-order valence-corrected chi connectivity index (χ2v) is 6.31. The molecule has 0 amide bonds. The molecule has 0 aliphatic rings. The number of aliphatic carboxylic acids is 1. The minimum Gasteiger partial charge on any atom is -0.481 e. The van der Waals surface area contributed by atoms with E-state index in [0.29, 0.717) is 0 Å². The van der Waals surface area contributed by atoms with E-state index >= 15 is 0 Å². The van der Waals surface area contributed by atoms with Crippen molar-refractivity contribution in [3.63, 3.8) is 0 Å². The van der Waals surface area contributed by atoms with Gasteiger partial charge in [-0.2, -0.15) is 0 Å². The SMILES string of the molecule is CCCn1nncc1Sc1nc(C)c(CC(=O)O)s1. The van der Waals surface area contributed by atoms with Crippen LogP contribution in [-0.2, 0) is 17.8 Å².